The van der Waals surface area contributed by atoms with E-state index in [0.717, 1.165) is 5.56 Å². The highest BCUT2D eigenvalue weighted by atomic mass is 19.1. The van der Waals surface area contributed by atoms with Crippen LogP contribution in [0.5, 0.6) is 0 Å². The van der Waals surface area contributed by atoms with E-state index in [2.05, 4.69) is 16.2 Å². The maximum absolute atomic E-state index is 14.5. The van der Waals surface area contributed by atoms with Crippen LogP contribution in [0.1, 0.15) is 22.3 Å². The van der Waals surface area contributed by atoms with Crippen LogP contribution in [0.3, 0.4) is 0 Å². The summed E-state index contributed by atoms with van der Waals surface area (Å²) in [7, 11) is 0. The highest BCUT2D eigenvalue weighted by Crippen LogP contribution is 2.24. The number of benzene rings is 2. The highest BCUT2D eigenvalue weighted by Gasteiger charge is 2.11. The first-order chi connectivity index (χ1) is 12.2. The SMILES string of the molecule is N#Cc1ccc(C=C(Cn2cncn2)c2ccc(C#N)cc2F)cc1. The zero-order valence-corrected chi connectivity index (χ0v) is 13.1. The predicted octanol–water partition coefficient (Wildman–Crippen LogP) is 3.40. The Morgan fingerprint density at radius 2 is 1.80 bits per heavy atom. The Kier molecular flexibility index (Phi) is 4.64. The molecule has 0 radical (unpaired) electrons. The van der Waals surface area contributed by atoms with Crippen molar-refractivity contribution in [3.05, 3.63) is 83.2 Å². The molecule has 1 aromatic heterocycles. The van der Waals surface area contributed by atoms with Gasteiger partial charge in [-0.3, -0.25) is 0 Å². The van der Waals surface area contributed by atoms with E-state index in [0.29, 0.717) is 23.2 Å². The smallest absolute Gasteiger partial charge is 0.137 e. The number of nitriles is 2. The van der Waals surface area contributed by atoms with Gasteiger partial charge in [0.05, 0.1) is 29.8 Å². The van der Waals surface area contributed by atoms with Crippen LogP contribution in [0.25, 0.3) is 11.6 Å². The molecular weight excluding hydrogens is 317 g/mol. The van der Waals surface area contributed by atoms with Crippen molar-refractivity contribution in [3.8, 4) is 12.1 Å². The lowest BCUT2D eigenvalue weighted by Gasteiger charge is -2.10. The second kappa shape index (κ2) is 7.20. The van der Waals surface area contributed by atoms with Gasteiger partial charge in [0.1, 0.15) is 18.5 Å². The van der Waals surface area contributed by atoms with Gasteiger partial charge in [-0.2, -0.15) is 15.6 Å². The minimum atomic E-state index is -0.473. The van der Waals surface area contributed by atoms with Crippen molar-refractivity contribution in [2.24, 2.45) is 0 Å². The molecule has 0 aliphatic carbocycles. The molecule has 0 atom stereocenters. The second-order valence-electron chi connectivity index (χ2n) is 5.30. The van der Waals surface area contributed by atoms with Crippen molar-refractivity contribution >= 4 is 11.6 Å². The summed E-state index contributed by atoms with van der Waals surface area (Å²) in [5.74, 6) is -0.473. The van der Waals surface area contributed by atoms with Gasteiger partial charge in [0.25, 0.3) is 0 Å². The first-order valence-corrected chi connectivity index (χ1v) is 7.43. The van der Waals surface area contributed by atoms with Crippen molar-refractivity contribution in [2.45, 2.75) is 6.54 Å². The third-order valence-corrected chi connectivity index (χ3v) is 3.62. The molecule has 0 N–H and O–H groups in total. The van der Waals surface area contributed by atoms with Crippen LogP contribution in [-0.4, -0.2) is 14.8 Å². The largest absolute Gasteiger partial charge is 0.249 e. The van der Waals surface area contributed by atoms with Crippen LogP contribution in [0.2, 0.25) is 0 Å². The zero-order chi connectivity index (χ0) is 17.6. The summed E-state index contributed by atoms with van der Waals surface area (Å²) < 4.78 is 16.0. The predicted molar refractivity (Wildman–Crippen MR) is 90.2 cm³/mol. The molecule has 0 fully saturated rings. The molecule has 120 valence electrons. The molecule has 2 aromatic carbocycles. The van der Waals surface area contributed by atoms with E-state index < -0.39 is 5.82 Å². The van der Waals surface area contributed by atoms with Crippen LogP contribution in [0, 0.1) is 28.5 Å². The average Bonchev–Trinajstić information content (AvgIpc) is 3.15. The van der Waals surface area contributed by atoms with Crippen molar-refractivity contribution in [1.29, 1.82) is 10.5 Å². The van der Waals surface area contributed by atoms with Gasteiger partial charge in [0.15, 0.2) is 0 Å². The fourth-order valence-electron chi connectivity index (χ4n) is 2.40. The molecule has 0 aliphatic rings. The second-order valence-corrected chi connectivity index (χ2v) is 5.30. The Bertz CT molecular complexity index is 990. The number of hydrogen-bond donors (Lipinski definition) is 0. The maximum atomic E-state index is 14.5. The Balaban J connectivity index is 2.04. The number of allylic oxidation sites excluding steroid dienone is 1. The van der Waals surface area contributed by atoms with Gasteiger partial charge < -0.3 is 0 Å². The molecular formula is C19H12FN5. The third kappa shape index (κ3) is 3.77. The molecule has 0 bridgehead atoms. The third-order valence-electron chi connectivity index (χ3n) is 3.62. The molecule has 0 spiro atoms. The summed E-state index contributed by atoms with van der Waals surface area (Å²) in [4.78, 5) is 3.90. The van der Waals surface area contributed by atoms with E-state index >= 15 is 0 Å². The van der Waals surface area contributed by atoms with Gasteiger partial charge in [-0.25, -0.2) is 14.1 Å². The summed E-state index contributed by atoms with van der Waals surface area (Å²) in [6.07, 6.45) is 4.79. The zero-order valence-electron chi connectivity index (χ0n) is 13.1. The van der Waals surface area contributed by atoms with Gasteiger partial charge >= 0.3 is 0 Å². The Morgan fingerprint density at radius 1 is 1.08 bits per heavy atom. The van der Waals surface area contributed by atoms with Gasteiger partial charge in [-0.1, -0.05) is 18.2 Å². The molecule has 0 saturated carbocycles. The standard InChI is InChI=1S/C19H12FN5/c20-19-8-16(10-22)5-6-18(19)17(11-25-13-23-12-24-25)7-14-1-3-15(9-21)4-2-14/h1-8,12-13H,11H2. The minimum absolute atomic E-state index is 0.264. The minimum Gasteiger partial charge on any atom is -0.249 e. The van der Waals surface area contributed by atoms with E-state index in [9.17, 15) is 4.39 Å². The van der Waals surface area contributed by atoms with Crippen molar-refractivity contribution in [1.82, 2.24) is 14.8 Å². The summed E-state index contributed by atoms with van der Waals surface area (Å²) >= 11 is 0. The fourth-order valence-corrected chi connectivity index (χ4v) is 2.40. The van der Waals surface area contributed by atoms with Gasteiger partial charge in [-0.15, -0.1) is 0 Å². The first-order valence-electron chi connectivity index (χ1n) is 7.43. The van der Waals surface area contributed by atoms with Crippen molar-refractivity contribution in [3.63, 3.8) is 0 Å². The van der Waals surface area contributed by atoms with E-state index in [-0.39, 0.29) is 5.56 Å². The summed E-state index contributed by atoms with van der Waals surface area (Å²) in [6.45, 7) is 0.322. The molecule has 6 heteroatoms. The number of halogens is 1. The van der Waals surface area contributed by atoms with Gasteiger partial charge in [0.2, 0.25) is 0 Å². The van der Waals surface area contributed by atoms with E-state index in [1.807, 2.05) is 12.1 Å². The summed E-state index contributed by atoms with van der Waals surface area (Å²) in [6, 6.07) is 15.3. The number of hydrogen-bond acceptors (Lipinski definition) is 4. The van der Waals surface area contributed by atoms with Crippen molar-refractivity contribution < 1.29 is 4.39 Å². The monoisotopic (exact) mass is 329 g/mol. The molecule has 0 saturated heterocycles. The molecule has 0 unspecified atom stereocenters. The normalized spacial score (nSPS) is 10.9. The van der Waals surface area contributed by atoms with Crippen LogP contribution in [0.15, 0.2) is 55.1 Å². The Labute approximate surface area is 143 Å². The van der Waals surface area contributed by atoms with Crippen LogP contribution in [0.4, 0.5) is 4.39 Å². The summed E-state index contributed by atoms with van der Waals surface area (Å²) in [5.41, 5.74) is 2.72. The van der Waals surface area contributed by atoms with Crippen LogP contribution >= 0.6 is 0 Å². The van der Waals surface area contributed by atoms with E-state index in [1.165, 1.54) is 12.4 Å². The number of nitrogens with zero attached hydrogens (tertiary/aromatic N) is 5. The lowest BCUT2D eigenvalue weighted by Crippen LogP contribution is -2.03. The maximum Gasteiger partial charge on any atom is 0.137 e. The molecule has 1 heterocycles. The fraction of sp³-hybridized carbons (Fsp3) is 0.0526. The Morgan fingerprint density at radius 3 is 2.40 bits per heavy atom. The molecule has 0 aliphatic heterocycles. The molecule has 0 amide bonds. The number of aromatic nitrogens is 3. The van der Waals surface area contributed by atoms with E-state index in [4.69, 9.17) is 10.5 Å². The molecule has 25 heavy (non-hydrogen) atoms. The highest BCUT2D eigenvalue weighted by molar-refractivity contribution is 5.81. The van der Waals surface area contributed by atoms with Crippen LogP contribution < -0.4 is 0 Å². The number of rotatable bonds is 4. The van der Waals surface area contributed by atoms with Crippen molar-refractivity contribution in [2.75, 3.05) is 0 Å². The molecule has 3 aromatic rings. The van der Waals surface area contributed by atoms with Gasteiger partial charge in [0, 0.05) is 5.56 Å². The topological polar surface area (TPSA) is 78.3 Å². The molecule has 3 rings (SSSR count). The average molecular weight is 329 g/mol. The lowest BCUT2D eigenvalue weighted by molar-refractivity contribution is 0.619. The van der Waals surface area contributed by atoms with Gasteiger partial charge in [-0.05, 0) is 41.5 Å². The first kappa shape index (κ1) is 16.1. The summed E-state index contributed by atoms with van der Waals surface area (Å²) in [5, 5.41) is 21.8. The molecule has 5 nitrogen and oxygen atoms in total. The quantitative estimate of drug-likeness (QED) is 0.687. The lowest BCUT2D eigenvalue weighted by atomic mass is 10.00. The van der Waals surface area contributed by atoms with Crippen LogP contribution in [-0.2, 0) is 6.54 Å². The van der Waals surface area contributed by atoms with E-state index in [1.54, 1.807) is 47.4 Å². The Hall–Kier alpha value is -3.77.